The molecule has 0 saturated carbocycles. The van der Waals surface area contributed by atoms with E-state index in [9.17, 15) is 4.79 Å². The van der Waals surface area contributed by atoms with Gasteiger partial charge in [0.15, 0.2) is 0 Å². The third-order valence-electron chi connectivity index (χ3n) is 4.12. The molecule has 0 unspecified atom stereocenters. The third-order valence-corrected chi connectivity index (χ3v) is 4.12. The molecule has 1 fully saturated rings. The number of anilines is 2. The summed E-state index contributed by atoms with van der Waals surface area (Å²) < 4.78 is 0. The van der Waals surface area contributed by atoms with Crippen molar-refractivity contribution in [3.8, 4) is 0 Å². The number of hydrogen-bond donors (Lipinski definition) is 0. The van der Waals surface area contributed by atoms with E-state index in [1.807, 2.05) is 30.3 Å². The molecule has 0 aliphatic carbocycles. The van der Waals surface area contributed by atoms with Crippen LogP contribution in [0, 0.1) is 0 Å². The first kappa shape index (κ1) is 15.4. The van der Waals surface area contributed by atoms with E-state index in [-0.39, 0.29) is 5.91 Å². The standard InChI is InChI=1S/C17H21N5O/c1-20-9-11-22(12-10-20)16-7-6-14(13-19-16)17(23)21(2)15-5-3-4-8-18-15/h3-8,13H,9-12H2,1-2H3. The molecule has 3 heterocycles. The summed E-state index contributed by atoms with van der Waals surface area (Å²) in [7, 11) is 3.85. The molecule has 2 aromatic rings. The molecule has 2 aromatic heterocycles. The van der Waals surface area contributed by atoms with Crippen LogP contribution in [0.1, 0.15) is 10.4 Å². The van der Waals surface area contributed by atoms with Gasteiger partial charge in [0.05, 0.1) is 5.56 Å². The molecule has 0 N–H and O–H groups in total. The van der Waals surface area contributed by atoms with Crippen LogP contribution in [0.3, 0.4) is 0 Å². The molecule has 1 aliphatic rings. The van der Waals surface area contributed by atoms with Gasteiger partial charge in [-0.05, 0) is 31.3 Å². The number of likely N-dealkylation sites (N-methyl/N-ethyl adjacent to an activating group) is 1. The smallest absolute Gasteiger partial charge is 0.260 e. The molecular weight excluding hydrogens is 290 g/mol. The molecule has 1 aliphatic heterocycles. The lowest BCUT2D eigenvalue weighted by Crippen LogP contribution is -2.44. The maximum atomic E-state index is 12.5. The molecule has 0 bridgehead atoms. The van der Waals surface area contributed by atoms with E-state index >= 15 is 0 Å². The second-order valence-corrected chi connectivity index (χ2v) is 5.75. The Hall–Kier alpha value is -2.47. The van der Waals surface area contributed by atoms with Crippen LogP contribution in [0.4, 0.5) is 11.6 Å². The monoisotopic (exact) mass is 311 g/mol. The molecule has 6 heteroatoms. The minimum absolute atomic E-state index is 0.110. The van der Waals surface area contributed by atoms with E-state index in [4.69, 9.17) is 0 Å². The van der Waals surface area contributed by atoms with Crippen molar-refractivity contribution in [2.75, 3.05) is 50.1 Å². The van der Waals surface area contributed by atoms with Crippen molar-refractivity contribution in [2.45, 2.75) is 0 Å². The topological polar surface area (TPSA) is 52.6 Å². The molecule has 1 saturated heterocycles. The quantitative estimate of drug-likeness (QED) is 0.860. The average molecular weight is 311 g/mol. The zero-order valence-corrected chi connectivity index (χ0v) is 13.5. The zero-order chi connectivity index (χ0) is 16.2. The number of carbonyl (C=O) groups excluding carboxylic acids is 1. The largest absolute Gasteiger partial charge is 0.354 e. The maximum Gasteiger partial charge on any atom is 0.260 e. The van der Waals surface area contributed by atoms with E-state index in [1.165, 1.54) is 4.90 Å². The highest BCUT2D eigenvalue weighted by molar-refractivity contribution is 6.05. The Bertz CT molecular complexity index is 650. The van der Waals surface area contributed by atoms with Gasteiger partial charge in [-0.2, -0.15) is 0 Å². The van der Waals surface area contributed by atoms with Gasteiger partial charge in [0.1, 0.15) is 11.6 Å². The van der Waals surface area contributed by atoms with E-state index in [0.717, 1.165) is 32.0 Å². The molecule has 23 heavy (non-hydrogen) atoms. The fraction of sp³-hybridized carbons (Fsp3) is 0.353. The molecule has 120 valence electrons. The van der Waals surface area contributed by atoms with Gasteiger partial charge in [-0.25, -0.2) is 9.97 Å². The lowest BCUT2D eigenvalue weighted by atomic mass is 10.2. The summed E-state index contributed by atoms with van der Waals surface area (Å²) in [5, 5.41) is 0. The fourth-order valence-corrected chi connectivity index (χ4v) is 2.59. The SMILES string of the molecule is CN1CCN(c2ccc(C(=O)N(C)c3ccccn3)cn2)CC1. The van der Waals surface area contributed by atoms with Gasteiger partial charge in [0, 0.05) is 45.6 Å². The van der Waals surface area contributed by atoms with Crippen LogP contribution in [0.5, 0.6) is 0 Å². The van der Waals surface area contributed by atoms with Gasteiger partial charge < -0.3 is 9.80 Å². The lowest BCUT2D eigenvalue weighted by molar-refractivity contribution is 0.0992. The number of aromatic nitrogens is 2. The van der Waals surface area contributed by atoms with Crippen LogP contribution in [-0.2, 0) is 0 Å². The molecule has 0 aromatic carbocycles. The Morgan fingerprint density at radius 1 is 1.09 bits per heavy atom. The van der Waals surface area contributed by atoms with E-state index in [2.05, 4.69) is 26.8 Å². The van der Waals surface area contributed by atoms with Crippen molar-refractivity contribution < 1.29 is 4.79 Å². The average Bonchev–Trinajstić information content (AvgIpc) is 2.62. The normalized spacial score (nSPS) is 15.5. The van der Waals surface area contributed by atoms with Crippen molar-refractivity contribution in [3.05, 3.63) is 48.3 Å². The molecular formula is C17H21N5O. The Balaban J connectivity index is 1.70. The first-order valence-corrected chi connectivity index (χ1v) is 7.74. The van der Waals surface area contributed by atoms with Gasteiger partial charge in [0.25, 0.3) is 5.91 Å². The van der Waals surface area contributed by atoms with Crippen molar-refractivity contribution in [1.82, 2.24) is 14.9 Å². The van der Waals surface area contributed by atoms with E-state index in [0.29, 0.717) is 11.4 Å². The van der Waals surface area contributed by atoms with Gasteiger partial charge in [0.2, 0.25) is 0 Å². The Labute approximate surface area is 136 Å². The summed E-state index contributed by atoms with van der Waals surface area (Å²) in [6.07, 6.45) is 3.32. The molecule has 0 radical (unpaired) electrons. The lowest BCUT2D eigenvalue weighted by Gasteiger charge is -2.33. The predicted octanol–water partition coefficient (Wildman–Crippen LogP) is 1.51. The number of pyridine rings is 2. The Morgan fingerprint density at radius 3 is 2.48 bits per heavy atom. The van der Waals surface area contributed by atoms with Crippen LogP contribution < -0.4 is 9.80 Å². The van der Waals surface area contributed by atoms with Gasteiger partial charge in [-0.15, -0.1) is 0 Å². The van der Waals surface area contributed by atoms with Crippen LogP contribution >= 0.6 is 0 Å². The predicted molar refractivity (Wildman–Crippen MR) is 90.9 cm³/mol. The summed E-state index contributed by atoms with van der Waals surface area (Å²) in [6, 6.07) is 9.26. The third kappa shape index (κ3) is 3.48. The highest BCUT2D eigenvalue weighted by Gasteiger charge is 2.17. The first-order chi connectivity index (χ1) is 11.1. The van der Waals surface area contributed by atoms with Gasteiger partial charge in [-0.1, -0.05) is 6.07 Å². The van der Waals surface area contributed by atoms with Crippen molar-refractivity contribution >= 4 is 17.5 Å². The molecule has 3 rings (SSSR count). The summed E-state index contributed by atoms with van der Waals surface area (Å²) in [5.74, 6) is 1.44. The number of rotatable bonds is 3. The fourth-order valence-electron chi connectivity index (χ4n) is 2.59. The van der Waals surface area contributed by atoms with Gasteiger partial charge >= 0.3 is 0 Å². The van der Waals surface area contributed by atoms with Crippen LogP contribution in [0.25, 0.3) is 0 Å². The van der Waals surface area contributed by atoms with Gasteiger partial charge in [-0.3, -0.25) is 9.69 Å². The number of nitrogens with zero attached hydrogens (tertiary/aromatic N) is 5. The molecule has 1 amide bonds. The molecule has 0 atom stereocenters. The highest BCUT2D eigenvalue weighted by atomic mass is 16.2. The minimum Gasteiger partial charge on any atom is -0.354 e. The second kappa shape index (κ2) is 6.75. The Kier molecular flexibility index (Phi) is 4.52. The summed E-state index contributed by atoms with van der Waals surface area (Å²) in [5.41, 5.74) is 0.566. The van der Waals surface area contributed by atoms with Crippen LogP contribution in [0.15, 0.2) is 42.7 Å². The minimum atomic E-state index is -0.110. The highest BCUT2D eigenvalue weighted by Crippen LogP contribution is 2.16. The summed E-state index contributed by atoms with van der Waals surface area (Å²) in [6.45, 7) is 3.99. The molecule has 0 spiro atoms. The second-order valence-electron chi connectivity index (χ2n) is 5.75. The summed E-state index contributed by atoms with van der Waals surface area (Å²) >= 11 is 0. The van der Waals surface area contributed by atoms with Crippen LogP contribution in [-0.4, -0.2) is 61.0 Å². The first-order valence-electron chi connectivity index (χ1n) is 7.74. The number of amides is 1. The maximum absolute atomic E-state index is 12.5. The molecule has 6 nitrogen and oxygen atoms in total. The number of hydrogen-bond acceptors (Lipinski definition) is 5. The van der Waals surface area contributed by atoms with Crippen LogP contribution in [0.2, 0.25) is 0 Å². The van der Waals surface area contributed by atoms with E-state index < -0.39 is 0 Å². The van der Waals surface area contributed by atoms with Crippen molar-refractivity contribution in [2.24, 2.45) is 0 Å². The Morgan fingerprint density at radius 2 is 1.87 bits per heavy atom. The van der Waals surface area contributed by atoms with Crippen molar-refractivity contribution in [1.29, 1.82) is 0 Å². The zero-order valence-electron chi connectivity index (χ0n) is 13.5. The summed E-state index contributed by atoms with van der Waals surface area (Å²) in [4.78, 5) is 27.2. The van der Waals surface area contributed by atoms with E-state index in [1.54, 1.807) is 19.4 Å². The number of carbonyl (C=O) groups is 1. The number of piperazine rings is 1. The van der Waals surface area contributed by atoms with Crippen molar-refractivity contribution in [3.63, 3.8) is 0 Å².